The van der Waals surface area contributed by atoms with Gasteiger partial charge in [0, 0.05) is 23.8 Å². The first-order valence-electron chi connectivity index (χ1n) is 8.24. The van der Waals surface area contributed by atoms with Crippen LogP contribution >= 0.6 is 11.6 Å². The Morgan fingerprint density at radius 1 is 0.840 bits per heavy atom. The van der Waals surface area contributed by atoms with Crippen molar-refractivity contribution >= 4 is 23.1 Å². The Morgan fingerprint density at radius 3 is 2.12 bits per heavy atom. The van der Waals surface area contributed by atoms with Crippen LogP contribution in [-0.2, 0) is 12.8 Å². The number of nitrogens with two attached hydrogens (primary N) is 1. The minimum atomic E-state index is 0.628. The number of aliphatic imine (C=N–C) groups is 1. The summed E-state index contributed by atoms with van der Waals surface area (Å²) in [7, 11) is 0. The number of aromatic nitrogens is 1. The number of hydrogen-bond donors (Lipinski definition) is 1. The fourth-order valence-corrected chi connectivity index (χ4v) is 2.70. The third kappa shape index (κ3) is 5.44. The molecule has 0 unspecified atom stereocenters. The van der Waals surface area contributed by atoms with Gasteiger partial charge < -0.3 is 5.73 Å². The zero-order valence-electron chi connectivity index (χ0n) is 13.9. The highest BCUT2D eigenvalue weighted by atomic mass is 35.5. The molecule has 3 aromatic rings. The second-order valence-corrected chi connectivity index (χ2v) is 6.36. The minimum Gasteiger partial charge on any atom is -0.387 e. The number of benzene rings is 2. The third-order valence-corrected chi connectivity index (χ3v) is 4.20. The molecule has 1 aromatic heterocycles. The highest BCUT2D eigenvalue weighted by Crippen LogP contribution is 2.17. The van der Waals surface area contributed by atoms with E-state index in [-0.39, 0.29) is 0 Å². The normalized spacial score (nSPS) is 11.5. The average molecular weight is 350 g/mol. The Labute approximate surface area is 153 Å². The van der Waals surface area contributed by atoms with Crippen molar-refractivity contribution in [1.29, 1.82) is 0 Å². The summed E-state index contributed by atoms with van der Waals surface area (Å²) in [5.41, 5.74) is 10.7. The van der Waals surface area contributed by atoms with Gasteiger partial charge in [0.1, 0.15) is 0 Å². The smallest absolute Gasteiger partial charge is 0.0999 e. The molecule has 1 heterocycles. The molecule has 0 aliphatic rings. The lowest BCUT2D eigenvalue weighted by molar-refractivity contribution is 1.02. The molecule has 0 radical (unpaired) electrons. The van der Waals surface area contributed by atoms with Crippen molar-refractivity contribution in [3.63, 3.8) is 0 Å². The second kappa shape index (κ2) is 8.45. The number of hydrogen-bond acceptors (Lipinski definition) is 2. The molecule has 126 valence electrons. The summed E-state index contributed by atoms with van der Waals surface area (Å²) in [4.78, 5) is 8.47. The van der Waals surface area contributed by atoms with Gasteiger partial charge in [-0.1, -0.05) is 35.9 Å². The van der Waals surface area contributed by atoms with Gasteiger partial charge in [0.05, 0.1) is 11.5 Å². The summed E-state index contributed by atoms with van der Waals surface area (Å²) < 4.78 is 0. The van der Waals surface area contributed by atoms with Gasteiger partial charge in [0.15, 0.2) is 0 Å². The molecule has 25 heavy (non-hydrogen) atoms. The summed E-state index contributed by atoms with van der Waals surface area (Å²) in [6.45, 7) is 0. The Bertz CT molecular complexity index is 825. The molecule has 0 aliphatic heterocycles. The molecule has 4 heteroatoms. The van der Waals surface area contributed by atoms with Crippen LogP contribution < -0.4 is 5.73 Å². The van der Waals surface area contributed by atoms with E-state index in [0.717, 1.165) is 24.9 Å². The molecule has 0 spiro atoms. The van der Waals surface area contributed by atoms with E-state index in [1.165, 1.54) is 16.7 Å². The average Bonchev–Trinajstić information content (AvgIpc) is 2.64. The summed E-state index contributed by atoms with van der Waals surface area (Å²) in [6, 6.07) is 20.1. The third-order valence-electron chi connectivity index (χ3n) is 3.95. The highest BCUT2D eigenvalue weighted by molar-refractivity contribution is 6.30. The van der Waals surface area contributed by atoms with Crippen LogP contribution in [0.1, 0.15) is 23.1 Å². The van der Waals surface area contributed by atoms with E-state index in [1.807, 2.05) is 48.8 Å². The van der Waals surface area contributed by atoms with E-state index in [9.17, 15) is 0 Å². The molecule has 0 saturated heterocycles. The van der Waals surface area contributed by atoms with E-state index in [1.54, 1.807) is 0 Å². The summed E-state index contributed by atoms with van der Waals surface area (Å²) >= 11 is 5.87. The largest absolute Gasteiger partial charge is 0.387 e. The van der Waals surface area contributed by atoms with Crippen LogP contribution in [0.25, 0.3) is 0 Å². The van der Waals surface area contributed by atoms with Crippen LogP contribution in [0, 0.1) is 0 Å². The lowest BCUT2D eigenvalue weighted by Crippen LogP contribution is -2.12. The SMILES string of the molecule is NC(CCc1ccc(Cc2ccncc2)cc1)=Nc1ccc(Cl)cc1. The van der Waals surface area contributed by atoms with Crippen molar-refractivity contribution in [2.24, 2.45) is 10.7 Å². The number of rotatable bonds is 6. The molecule has 0 saturated carbocycles. The van der Waals surface area contributed by atoms with Gasteiger partial charge in [-0.2, -0.15) is 0 Å². The molecular weight excluding hydrogens is 330 g/mol. The van der Waals surface area contributed by atoms with Crippen LogP contribution in [0.2, 0.25) is 5.02 Å². The van der Waals surface area contributed by atoms with Crippen molar-refractivity contribution in [1.82, 2.24) is 4.98 Å². The quantitative estimate of drug-likeness (QED) is 0.505. The lowest BCUT2D eigenvalue weighted by atomic mass is 10.0. The van der Waals surface area contributed by atoms with Crippen molar-refractivity contribution in [3.05, 3.63) is 94.8 Å². The molecule has 0 bridgehead atoms. The first-order valence-corrected chi connectivity index (χ1v) is 8.62. The lowest BCUT2D eigenvalue weighted by Gasteiger charge is -2.05. The Kier molecular flexibility index (Phi) is 5.81. The van der Waals surface area contributed by atoms with Gasteiger partial charge in [-0.3, -0.25) is 4.98 Å². The van der Waals surface area contributed by atoms with Crippen LogP contribution in [-0.4, -0.2) is 10.8 Å². The maximum Gasteiger partial charge on any atom is 0.0999 e. The minimum absolute atomic E-state index is 0.628. The first kappa shape index (κ1) is 17.2. The zero-order chi connectivity index (χ0) is 17.5. The van der Waals surface area contributed by atoms with Gasteiger partial charge >= 0.3 is 0 Å². The number of nitrogens with zero attached hydrogens (tertiary/aromatic N) is 2. The fourth-order valence-electron chi connectivity index (χ4n) is 2.57. The number of pyridine rings is 1. The maximum absolute atomic E-state index is 6.03. The summed E-state index contributed by atoms with van der Waals surface area (Å²) in [5, 5.41) is 0.698. The summed E-state index contributed by atoms with van der Waals surface area (Å²) in [5.74, 6) is 0.628. The Morgan fingerprint density at radius 2 is 1.44 bits per heavy atom. The molecule has 2 N–H and O–H groups in total. The monoisotopic (exact) mass is 349 g/mol. The number of aryl methyl sites for hydroxylation is 1. The van der Waals surface area contributed by atoms with Crippen molar-refractivity contribution < 1.29 is 0 Å². The van der Waals surface area contributed by atoms with Gasteiger partial charge in [0.25, 0.3) is 0 Å². The van der Waals surface area contributed by atoms with E-state index in [4.69, 9.17) is 17.3 Å². The molecule has 3 rings (SSSR count). The number of amidine groups is 1. The van der Waals surface area contributed by atoms with E-state index in [0.29, 0.717) is 10.9 Å². The van der Waals surface area contributed by atoms with Crippen molar-refractivity contribution in [2.75, 3.05) is 0 Å². The molecule has 2 aromatic carbocycles. The Hall–Kier alpha value is -2.65. The highest BCUT2D eigenvalue weighted by Gasteiger charge is 2.00. The zero-order valence-corrected chi connectivity index (χ0v) is 14.7. The van der Waals surface area contributed by atoms with Crippen molar-refractivity contribution in [2.45, 2.75) is 19.3 Å². The topological polar surface area (TPSA) is 51.3 Å². The number of halogens is 1. The fraction of sp³-hybridized carbons (Fsp3) is 0.143. The van der Waals surface area contributed by atoms with Crippen LogP contribution in [0.3, 0.4) is 0 Å². The maximum atomic E-state index is 6.03. The van der Waals surface area contributed by atoms with E-state index < -0.39 is 0 Å². The van der Waals surface area contributed by atoms with Gasteiger partial charge in [-0.05, 0) is 65.9 Å². The Balaban J connectivity index is 1.55. The first-order chi connectivity index (χ1) is 12.2. The van der Waals surface area contributed by atoms with Crippen molar-refractivity contribution in [3.8, 4) is 0 Å². The van der Waals surface area contributed by atoms with Gasteiger partial charge in [-0.25, -0.2) is 4.99 Å². The molecule has 0 fully saturated rings. The van der Waals surface area contributed by atoms with Gasteiger partial charge in [-0.15, -0.1) is 0 Å². The second-order valence-electron chi connectivity index (χ2n) is 5.93. The molecule has 0 aliphatic carbocycles. The van der Waals surface area contributed by atoms with Crippen LogP contribution in [0.4, 0.5) is 5.69 Å². The van der Waals surface area contributed by atoms with Crippen LogP contribution in [0.5, 0.6) is 0 Å². The molecule has 3 nitrogen and oxygen atoms in total. The molecule has 0 amide bonds. The van der Waals surface area contributed by atoms with E-state index >= 15 is 0 Å². The van der Waals surface area contributed by atoms with Crippen LogP contribution in [0.15, 0.2) is 78.0 Å². The molecular formula is C21H20ClN3. The van der Waals surface area contributed by atoms with E-state index in [2.05, 4.69) is 34.2 Å². The predicted octanol–water partition coefficient (Wildman–Crippen LogP) is 4.95. The predicted molar refractivity (Wildman–Crippen MR) is 105 cm³/mol. The van der Waals surface area contributed by atoms with Gasteiger partial charge in [0.2, 0.25) is 0 Å². The summed E-state index contributed by atoms with van der Waals surface area (Å²) in [6.07, 6.45) is 6.17. The standard InChI is InChI=1S/C21H20ClN3/c22-19-6-8-20(9-7-19)25-21(23)10-5-16-1-3-17(4-2-16)15-18-11-13-24-14-12-18/h1-4,6-9,11-14H,5,10,15H2,(H2,23,25). The molecule has 0 atom stereocenters.